The van der Waals surface area contributed by atoms with Gasteiger partial charge in [0.2, 0.25) is 5.91 Å². The van der Waals surface area contributed by atoms with Gasteiger partial charge in [-0.1, -0.05) is 44.2 Å². The zero-order valence-electron chi connectivity index (χ0n) is 41.8. The quantitative estimate of drug-likeness (QED) is 0.0923. The number of aliphatic hydroxyl groups is 1. The Balaban J connectivity index is 0.823. The van der Waals surface area contributed by atoms with Gasteiger partial charge in [-0.05, 0) is 142 Å². The number of rotatable bonds is 13. The first kappa shape index (κ1) is 49.7. The van der Waals surface area contributed by atoms with Crippen molar-refractivity contribution in [2.45, 2.75) is 138 Å². The average Bonchev–Trinajstić information content (AvgIpc) is 4.12. The highest BCUT2D eigenvalue weighted by atomic mass is 32.2. The fourth-order valence-electron chi connectivity index (χ4n) is 12.8. The molecule has 4 N–H and O–H groups in total. The first-order chi connectivity index (χ1) is 34.9. The van der Waals surface area contributed by atoms with E-state index in [1.165, 1.54) is 42.9 Å². The number of carbonyl (C=O) groups is 1. The summed E-state index contributed by atoms with van der Waals surface area (Å²) in [6.07, 6.45) is 14.8. The Morgan fingerprint density at radius 1 is 1.03 bits per heavy atom. The van der Waals surface area contributed by atoms with Gasteiger partial charge in [0.15, 0.2) is 15.6 Å². The van der Waals surface area contributed by atoms with Gasteiger partial charge in [-0.15, -0.1) is 4.91 Å². The van der Waals surface area contributed by atoms with Gasteiger partial charge in [0.1, 0.15) is 47.2 Å². The number of piperidine rings is 1. The Hall–Kier alpha value is -5.50. The van der Waals surface area contributed by atoms with E-state index in [0.717, 1.165) is 57.1 Å². The largest absolute Gasteiger partial charge is 0.489 e. The summed E-state index contributed by atoms with van der Waals surface area (Å²) in [5, 5.41) is 17.7. The summed E-state index contributed by atoms with van der Waals surface area (Å²) in [6, 6.07) is 15.7. The maximum Gasteiger partial charge on any atom is 0.264 e. The Morgan fingerprint density at radius 2 is 1.81 bits per heavy atom. The van der Waals surface area contributed by atoms with Gasteiger partial charge in [-0.2, -0.15) is 4.98 Å². The van der Waals surface area contributed by atoms with Crippen LogP contribution < -0.4 is 24.2 Å². The lowest BCUT2D eigenvalue weighted by Crippen LogP contribution is -2.54. The molecule has 4 atom stereocenters. The predicted octanol–water partition coefficient (Wildman–Crippen LogP) is 8.52. The van der Waals surface area contributed by atoms with Crippen molar-refractivity contribution in [1.82, 2.24) is 24.5 Å². The number of benzene rings is 2. The first-order valence-electron chi connectivity index (χ1n) is 26.2. The van der Waals surface area contributed by atoms with Crippen LogP contribution in [0.4, 0.5) is 11.4 Å². The molecule has 1 amide bonds. The van der Waals surface area contributed by atoms with Crippen LogP contribution in [0.1, 0.15) is 121 Å². The minimum absolute atomic E-state index is 0.0127. The minimum Gasteiger partial charge on any atom is -0.489 e. The number of hydrogen-bond donors (Lipinski definition) is 4. The number of likely N-dealkylation sites (tertiary alicyclic amines) is 2. The summed E-state index contributed by atoms with van der Waals surface area (Å²) >= 11 is 0. The number of amides is 1. The molecule has 11 rings (SSSR count). The van der Waals surface area contributed by atoms with Crippen molar-refractivity contribution in [3.8, 4) is 17.4 Å². The van der Waals surface area contributed by atoms with Crippen LogP contribution in [0.2, 0.25) is 0 Å². The van der Waals surface area contributed by atoms with E-state index in [9.17, 15) is 31.6 Å². The third kappa shape index (κ3) is 10.1. The number of aromatic amines is 1. The SMILES string of the molecule is CC(C)c1ccccc1[C@H]1CCCN1C1CC2(CCN(C3=CCC(C(=O)NS(=O)(=O)c4cc(N=O)c5c(c4)OC[C@H]([C@H]4CC[C@](C)(O)CC4)N5)C(Oc4cc5cc[nH]c5nc4OC4CCS(=O)(=O)C4)=C3)CC2)C1. The van der Waals surface area contributed by atoms with Gasteiger partial charge < -0.3 is 34.5 Å². The number of ether oxygens (including phenoxy) is 3. The van der Waals surface area contributed by atoms with Crippen LogP contribution in [0.25, 0.3) is 11.0 Å². The number of sulfone groups is 1. The number of nitroso groups, excluding NO2 is 1. The van der Waals surface area contributed by atoms with E-state index in [0.29, 0.717) is 41.9 Å². The molecule has 4 aromatic rings. The molecule has 0 bridgehead atoms. The molecule has 17 nitrogen and oxygen atoms in total. The van der Waals surface area contributed by atoms with Gasteiger partial charge in [0, 0.05) is 54.6 Å². The van der Waals surface area contributed by atoms with E-state index in [4.69, 9.17) is 14.2 Å². The fourth-order valence-corrected chi connectivity index (χ4v) is 15.5. The highest BCUT2D eigenvalue weighted by Crippen LogP contribution is 2.55. The second-order valence-electron chi connectivity index (χ2n) is 22.4. The smallest absolute Gasteiger partial charge is 0.264 e. The number of fused-ring (bicyclic) bond motifs is 2. The third-order valence-corrected chi connectivity index (χ3v) is 20.1. The maximum absolute atomic E-state index is 14.5. The highest BCUT2D eigenvalue weighted by Gasteiger charge is 2.50. The number of allylic oxidation sites excluding steroid dienone is 2. The van der Waals surface area contributed by atoms with Crippen LogP contribution in [0.3, 0.4) is 0 Å². The number of nitrogens with zero attached hydrogens (tertiary/aromatic N) is 4. The van der Waals surface area contributed by atoms with Crippen LogP contribution in [-0.4, -0.2) is 109 Å². The summed E-state index contributed by atoms with van der Waals surface area (Å²) in [5.74, 6) is -1.05. The van der Waals surface area contributed by atoms with Crippen molar-refractivity contribution in [2.75, 3.05) is 43.1 Å². The van der Waals surface area contributed by atoms with E-state index in [2.05, 4.69) is 73.1 Å². The molecule has 73 heavy (non-hydrogen) atoms. The molecule has 7 aliphatic rings. The van der Waals surface area contributed by atoms with E-state index < -0.39 is 43.4 Å². The van der Waals surface area contributed by atoms with Crippen LogP contribution in [0.15, 0.2) is 88.4 Å². The van der Waals surface area contributed by atoms with E-state index >= 15 is 0 Å². The van der Waals surface area contributed by atoms with E-state index in [1.54, 1.807) is 24.4 Å². The molecule has 390 valence electrons. The minimum atomic E-state index is -4.60. The Labute approximate surface area is 427 Å². The van der Waals surface area contributed by atoms with E-state index in [-0.39, 0.29) is 87.7 Å². The van der Waals surface area contributed by atoms with Crippen molar-refractivity contribution in [3.05, 3.63) is 94.4 Å². The summed E-state index contributed by atoms with van der Waals surface area (Å²) in [5.41, 5.74) is 3.93. The molecule has 3 aliphatic carbocycles. The second kappa shape index (κ2) is 19.3. The molecule has 5 fully saturated rings. The lowest BCUT2D eigenvalue weighted by Gasteiger charge is -2.56. The topological polar surface area (TPSA) is 222 Å². The number of hydrogen-bond acceptors (Lipinski definition) is 15. The molecule has 3 saturated heterocycles. The monoisotopic (exact) mass is 1040 g/mol. The molecule has 6 heterocycles. The number of sulfonamides is 1. The molecule has 19 heteroatoms. The summed E-state index contributed by atoms with van der Waals surface area (Å²) < 4.78 is 74.6. The molecular formula is C54H67N7O10S2. The Bertz CT molecular complexity index is 3070. The average molecular weight is 1040 g/mol. The standard InChI is InChI=1S/C54H67N7O10S2/c1-33(2)40-7-4-5-8-41(40)45-9-6-21-61(45)37-29-54(30-37)18-22-60(23-19-54)36-10-11-42(46(26-36)71-48-25-35-14-20-55-50(35)57-52(48)70-38-15-24-72(65,66)32-38)51(62)59-73(67,68)39-27-43(58-64)49-47(28-39)69-31-44(56-49)34-12-16-53(3,63)17-13-34/h4-5,7-8,10,14,20,25-28,33-34,37-38,42,44-45,56,63H,6,9,11-13,15-19,21-24,29-32H2,1-3H3,(H,55,57)(H,59,62)/t34-,38?,42?,44-,45-,53-/m1/s1. The molecule has 2 aromatic carbocycles. The number of carbonyl (C=O) groups excluding carboxylic acids is 1. The van der Waals surface area contributed by atoms with Crippen LogP contribution in [0, 0.1) is 22.2 Å². The molecular weight excluding hydrogens is 971 g/mol. The zero-order valence-corrected chi connectivity index (χ0v) is 43.5. The van der Waals surface area contributed by atoms with Gasteiger partial charge in [-0.3, -0.25) is 9.69 Å². The fraction of sp³-hybridized carbons (Fsp3) is 0.556. The highest BCUT2D eigenvalue weighted by molar-refractivity contribution is 7.91. The number of aromatic nitrogens is 2. The lowest BCUT2D eigenvalue weighted by atomic mass is 9.59. The number of H-pyrrole nitrogens is 1. The van der Waals surface area contributed by atoms with Crippen LogP contribution in [0.5, 0.6) is 17.4 Å². The van der Waals surface area contributed by atoms with Gasteiger partial charge in [0.25, 0.3) is 15.9 Å². The Morgan fingerprint density at radius 3 is 2.55 bits per heavy atom. The molecule has 2 aromatic heterocycles. The van der Waals surface area contributed by atoms with Crippen molar-refractivity contribution in [2.24, 2.45) is 22.4 Å². The zero-order chi connectivity index (χ0) is 50.9. The lowest BCUT2D eigenvalue weighted by molar-refractivity contribution is -0.122. The molecule has 2 unspecified atom stereocenters. The summed E-state index contributed by atoms with van der Waals surface area (Å²) in [6.45, 7) is 9.35. The van der Waals surface area contributed by atoms with Gasteiger partial charge in [-0.25, -0.2) is 21.6 Å². The molecule has 4 aliphatic heterocycles. The number of pyridine rings is 1. The van der Waals surface area contributed by atoms with Crippen molar-refractivity contribution >= 4 is 48.2 Å². The van der Waals surface area contributed by atoms with Crippen LogP contribution >= 0.6 is 0 Å². The summed E-state index contributed by atoms with van der Waals surface area (Å²) in [7, 11) is -7.90. The van der Waals surface area contributed by atoms with Crippen molar-refractivity contribution in [3.63, 3.8) is 0 Å². The third-order valence-electron chi connectivity index (χ3n) is 17.1. The van der Waals surface area contributed by atoms with Crippen molar-refractivity contribution in [1.29, 1.82) is 0 Å². The normalized spacial score (nSPS) is 28.1. The molecule has 2 saturated carbocycles. The maximum atomic E-state index is 14.5. The van der Waals surface area contributed by atoms with E-state index in [1.807, 2.05) is 13.0 Å². The predicted molar refractivity (Wildman–Crippen MR) is 277 cm³/mol. The van der Waals surface area contributed by atoms with Crippen molar-refractivity contribution < 1.29 is 40.9 Å². The van der Waals surface area contributed by atoms with Gasteiger partial charge >= 0.3 is 0 Å². The second-order valence-corrected chi connectivity index (χ2v) is 26.3. The first-order valence-corrected chi connectivity index (χ1v) is 29.5. The molecule has 0 radical (unpaired) electrons. The number of anilines is 1. The number of nitrogens with one attached hydrogen (secondary N) is 3. The Kier molecular flexibility index (Phi) is 13.2. The van der Waals surface area contributed by atoms with Gasteiger partial charge in [0.05, 0.1) is 28.0 Å². The van der Waals surface area contributed by atoms with Crippen LogP contribution in [-0.2, 0) is 24.7 Å². The summed E-state index contributed by atoms with van der Waals surface area (Å²) in [4.78, 5) is 39.2. The molecule has 1 spiro atoms.